The smallest absolute Gasteiger partial charge is 0.299 e. The number of halogens is 1. The number of ketones is 1. The molecule has 0 aliphatic heterocycles. The van der Waals surface area contributed by atoms with E-state index in [0.29, 0.717) is 22.9 Å². The predicted octanol–water partition coefficient (Wildman–Crippen LogP) is 4.42. The summed E-state index contributed by atoms with van der Waals surface area (Å²) < 4.78 is 12.6. The van der Waals surface area contributed by atoms with E-state index in [0.717, 1.165) is 16.5 Å². The van der Waals surface area contributed by atoms with E-state index in [1.165, 1.54) is 0 Å². The van der Waals surface area contributed by atoms with Crippen LogP contribution in [-0.2, 0) is 6.54 Å². The van der Waals surface area contributed by atoms with Crippen molar-refractivity contribution in [1.29, 1.82) is 0 Å². The van der Waals surface area contributed by atoms with E-state index in [1.54, 1.807) is 31.8 Å². The molecule has 0 N–H and O–H groups in total. The molecule has 0 bridgehead atoms. The Labute approximate surface area is 187 Å². The summed E-state index contributed by atoms with van der Waals surface area (Å²) in [5.41, 5.74) is 2.34. The van der Waals surface area contributed by atoms with E-state index < -0.39 is 5.78 Å². The van der Waals surface area contributed by atoms with E-state index in [4.69, 9.17) is 20.9 Å². The molecule has 0 aliphatic rings. The Balaban J connectivity index is 1.56. The van der Waals surface area contributed by atoms with Gasteiger partial charge in [-0.05, 0) is 42.0 Å². The Hall–Kier alpha value is -4.04. The summed E-state index contributed by atoms with van der Waals surface area (Å²) >= 11 is 6.01. The van der Waals surface area contributed by atoms with Gasteiger partial charge in [0.05, 0.1) is 12.7 Å². The molecule has 9 heteroatoms. The SMILES string of the molecule is COc1ccc2c(c1)c(C(=O)c1nc(-c3ncccn3)no1)cn2Cc1ccc(Cl)cc1. The Bertz CT molecular complexity index is 1410. The van der Waals surface area contributed by atoms with Crippen LogP contribution in [-0.4, -0.2) is 37.6 Å². The van der Waals surface area contributed by atoms with Crippen molar-refractivity contribution in [2.45, 2.75) is 6.54 Å². The van der Waals surface area contributed by atoms with Gasteiger partial charge in [-0.3, -0.25) is 4.79 Å². The summed E-state index contributed by atoms with van der Waals surface area (Å²) in [6, 6.07) is 14.8. The van der Waals surface area contributed by atoms with E-state index in [-0.39, 0.29) is 17.5 Å². The molecule has 0 fully saturated rings. The van der Waals surface area contributed by atoms with Crippen molar-refractivity contribution in [3.63, 3.8) is 0 Å². The van der Waals surface area contributed by atoms with E-state index in [2.05, 4.69) is 20.1 Å². The van der Waals surface area contributed by atoms with Crippen LogP contribution in [0.15, 0.2) is 71.6 Å². The number of hydrogen-bond donors (Lipinski definition) is 0. The zero-order valence-corrected chi connectivity index (χ0v) is 17.7. The van der Waals surface area contributed by atoms with Crippen molar-refractivity contribution in [1.82, 2.24) is 24.7 Å². The predicted molar refractivity (Wildman–Crippen MR) is 118 cm³/mol. The molecular weight excluding hydrogens is 430 g/mol. The van der Waals surface area contributed by atoms with Gasteiger partial charge in [0.2, 0.25) is 11.6 Å². The second-order valence-corrected chi connectivity index (χ2v) is 7.44. The standard InChI is InChI=1S/C23H16ClN5O3/c1-31-16-7-8-19-17(11-16)18(13-29(19)12-14-3-5-15(24)6-4-14)20(30)23-27-22(28-32-23)21-25-9-2-10-26-21/h2-11,13H,12H2,1H3. The Morgan fingerprint density at radius 1 is 1.09 bits per heavy atom. The number of fused-ring (bicyclic) bond motifs is 1. The molecule has 2 aromatic carbocycles. The summed E-state index contributed by atoms with van der Waals surface area (Å²) in [4.78, 5) is 25.7. The normalized spacial score (nSPS) is 11.1. The molecule has 3 aromatic heterocycles. The summed E-state index contributed by atoms with van der Waals surface area (Å²) in [6.45, 7) is 0.556. The van der Waals surface area contributed by atoms with Gasteiger partial charge in [-0.15, -0.1) is 0 Å². The van der Waals surface area contributed by atoms with E-state index in [1.807, 2.05) is 47.0 Å². The minimum atomic E-state index is -0.396. The average molecular weight is 446 g/mol. The van der Waals surface area contributed by atoms with Gasteiger partial charge in [0.25, 0.3) is 11.7 Å². The van der Waals surface area contributed by atoms with Gasteiger partial charge in [-0.2, -0.15) is 4.98 Å². The molecule has 0 saturated heterocycles. The number of carbonyl (C=O) groups is 1. The van der Waals surface area contributed by atoms with Crippen LogP contribution in [0.25, 0.3) is 22.6 Å². The molecule has 0 spiro atoms. The number of carbonyl (C=O) groups excluding carboxylic acids is 1. The molecule has 0 saturated carbocycles. The van der Waals surface area contributed by atoms with Crippen molar-refractivity contribution in [3.8, 4) is 17.4 Å². The minimum absolute atomic E-state index is 0.138. The first-order valence-electron chi connectivity index (χ1n) is 9.69. The monoisotopic (exact) mass is 445 g/mol. The average Bonchev–Trinajstić information content (AvgIpc) is 3.46. The molecule has 0 unspecified atom stereocenters. The highest BCUT2D eigenvalue weighted by atomic mass is 35.5. The number of hydrogen-bond acceptors (Lipinski definition) is 7. The van der Waals surface area contributed by atoms with Crippen LogP contribution in [0, 0.1) is 0 Å². The molecule has 0 amide bonds. The van der Waals surface area contributed by atoms with Crippen molar-refractivity contribution >= 4 is 28.3 Å². The van der Waals surface area contributed by atoms with Crippen LogP contribution in [0.1, 0.15) is 21.8 Å². The van der Waals surface area contributed by atoms with Crippen LogP contribution in [0.4, 0.5) is 0 Å². The van der Waals surface area contributed by atoms with Gasteiger partial charge >= 0.3 is 0 Å². The van der Waals surface area contributed by atoms with E-state index >= 15 is 0 Å². The zero-order valence-electron chi connectivity index (χ0n) is 16.9. The highest BCUT2D eigenvalue weighted by Crippen LogP contribution is 2.29. The highest BCUT2D eigenvalue weighted by molar-refractivity contribution is 6.30. The lowest BCUT2D eigenvalue weighted by Crippen LogP contribution is -2.02. The van der Waals surface area contributed by atoms with Crippen molar-refractivity contribution < 1.29 is 14.1 Å². The second-order valence-electron chi connectivity index (χ2n) is 7.00. The first kappa shape index (κ1) is 19.9. The molecule has 0 radical (unpaired) electrons. The molecule has 32 heavy (non-hydrogen) atoms. The summed E-state index contributed by atoms with van der Waals surface area (Å²) in [6.07, 6.45) is 4.91. The Kier molecular flexibility index (Phi) is 5.12. The van der Waals surface area contributed by atoms with Gasteiger partial charge in [-0.1, -0.05) is 28.9 Å². The lowest BCUT2D eigenvalue weighted by Gasteiger charge is -2.06. The quantitative estimate of drug-likeness (QED) is 0.357. The fourth-order valence-corrected chi connectivity index (χ4v) is 3.56. The lowest BCUT2D eigenvalue weighted by atomic mass is 10.1. The fourth-order valence-electron chi connectivity index (χ4n) is 3.44. The molecule has 5 aromatic rings. The number of ether oxygens (including phenoxy) is 1. The number of methoxy groups -OCH3 is 1. The molecule has 8 nitrogen and oxygen atoms in total. The van der Waals surface area contributed by atoms with Crippen molar-refractivity contribution in [2.75, 3.05) is 7.11 Å². The molecular formula is C23H16ClN5O3. The third kappa shape index (κ3) is 3.72. The maximum atomic E-state index is 13.3. The third-order valence-corrected chi connectivity index (χ3v) is 5.24. The van der Waals surface area contributed by atoms with Crippen molar-refractivity contribution in [2.24, 2.45) is 0 Å². The summed E-state index contributed by atoms with van der Waals surface area (Å²) in [7, 11) is 1.58. The van der Waals surface area contributed by atoms with Gasteiger partial charge in [-0.25, -0.2) is 9.97 Å². The molecule has 3 heterocycles. The Morgan fingerprint density at radius 2 is 1.88 bits per heavy atom. The number of rotatable bonds is 6. The zero-order chi connectivity index (χ0) is 22.1. The van der Waals surface area contributed by atoms with Crippen LogP contribution >= 0.6 is 11.6 Å². The van der Waals surface area contributed by atoms with Crippen LogP contribution in [0.2, 0.25) is 5.02 Å². The Morgan fingerprint density at radius 3 is 2.62 bits per heavy atom. The molecule has 158 valence electrons. The molecule has 0 atom stereocenters. The van der Waals surface area contributed by atoms with Gasteiger partial charge in [0.1, 0.15) is 5.75 Å². The number of nitrogens with zero attached hydrogens (tertiary/aromatic N) is 5. The fraction of sp³-hybridized carbons (Fsp3) is 0.0870. The largest absolute Gasteiger partial charge is 0.497 e. The van der Waals surface area contributed by atoms with Crippen LogP contribution < -0.4 is 4.74 Å². The molecule has 0 aliphatic carbocycles. The lowest BCUT2D eigenvalue weighted by molar-refractivity contribution is 0.0995. The highest BCUT2D eigenvalue weighted by Gasteiger charge is 2.23. The number of aromatic nitrogens is 5. The second kappa shape index (κ2) is 8.24. The third-order valence-electron chi connectivity index (χ3n) is 4.99. The van der Waals surface area contributed by atoms with E-state index in [9.17, 15) is 4.79 Å². The van der Waals surface area contributed by atoms with Crippen LogP contribution in [0.5, 0.6) is 5.75 Å². The summed E-state index contributed by atoms with van der Waals surface area (Å²) in [5, 5.41) is 5.24. The van der Waals surface area contributed by atoms with Gasteiger partial charge in [0, 0.05) is 41.1 Å². The molecule has 5 rings (SSSR count). The topological polar surface area (TPSA) is 95.9 Å². The maximum absolute atomic E-state index is 13.3. The van der Waals surface area contributed by atoms with Gasteiger partial charge < -0.3 is 13.8 Å². The minimum Gasteiger partial charge on any atom is -0.497 e. The van der Waals surface area contributed by atoms with Crippen LogP contribution in [0.3, 0.4) is 0 Å². The summed E-state index contributed by atoms with van der Waals surface area (Å²) in [5.74, 6) is 0.534. The first-order valence-corrected chi connectivity index (χ1v) is 10.1. The number of benzene rings is 2. The van der Waals surface area contributed by atoms with Gasteiger partial charge in [0.15, 0.2) is 0 Å². The maximum Gasteiger partial charge on any atom is 0.299 e. The first-order chi connectivity index (χ1) is 15.6. The van der Waals surface area contributed by atoms with Crippen molar-refractivity contribution in [3.05, 3.63) is 89.2 Å².